The van der Waals surface area contributed by atoms with Gasteiger partial charge >= 0.3 is 11.6 Å². The molecule has 6 heteroatoms. The van der Waals surface area contributed by atoms with Crippen molar-refractivity contribution in [3.63, 3.8) is 0 Å². The lowest BCUT2D eigenvalue weighted by atomic mass is 10.1. The van der Waals surface area contributed by atoms with Crippen molar-refractivity contribution in [1.82, 2.24) is 0 Å². The van der Waals surface area contributed by atoms with Crippen LogP contribution in [0.15, 0.2) is 62.2 Å². The molecule has 0 saturated heterocycles. The largest absolute Gasteiger partial charge is 0.497 e. The first-order valence-electron chi connectivity index (χ1n) is 7.84. The van der Waals surface area contributed by atoms with Gasteiger partial charge in [-0.2, -0.15) is 0 Å². The number of esters is 1. The van der Waals surface area contributed by atoms with E-state index in [0.29, 0.717) is 44.6 Å². The molecule has 130 valence electrons. The molecule has 26 heavy (non-hydrogen) atoms. The van der Waals surface area contributed by atoms with Gasteiger partial charge in [0.15, 0.2) is 5.58 Å². The summed E-state index contributed by atoms with van der Waals surface area (Å²) in [6, 6.07) is 13.5. The lowest BCUT2D eigenvalue weighted by Gasteiger charge is -2.04. The normalized spacial score (nSPS) is 11.0. The predicted molar refractivity (Wildman–Crippen MR) is 95.6 cm³/mol. The van der Waals surface area contributed by atoms with Crippen molar-refractivity contribution >= 4 is 27.9 Å². The van der Waals surface area contributed by atoms with Crippen LogP contribution in [0.5, 0.6) is 5.75 Å². The van der Waals surface area contributed by atoms with E-state index in [-0.39, 0.29) is 0 Å². The van der Waals surface area contributed by atoms with Crippen LogP contribution in [0.25, 0.3) is 33.3 Å². The molecule has 2 heterocycles. The van der Waals surface area contributed by atoms with Crippen molar-refractivity contribution in [3.8, 4) is 17.1 Å². The number of methoxy groups -OCH3 is 2. The first-order valence-corrected chi connectivity index (χ1v) is 7.84. The minimum atomic E-state index is -0.511. The van der Waals surface area contributed by atoms with Gasteiger partial charge in [-0.1, -0.05) is 18.2 Å². The third kappa shape index (κ3) is 2.43. The molecule has 4 rings (SSSR count). The summed E-state index contributed by atoms with van der Waals surface area (Å²) < 4.78 is 21.4. The Kier molecular flexibility index (Phi) is 3.73. The SMILES string of the molecule is COC(=O)c1ccccc1-c1cc2c(=O)oc3ccc(OC)cc3c2o1. The van der Waals surface area contributed by atoms with Gasteiger partial charge in [0, 0.05) is 5.56 Å². The number of carbonyl (C=O) groups is 1. The van der Waals surface area contributed by atoms with E-state index in [1.54, 1.807) is 55.6 Å². The van der Waals surface area contributed by atoms with Crippen molar-refractivity contribution in [3.05, 3.63) is 64.5 Å². The van der Waals surface area contributed by atoms with E-state index in [2.05, 4.69) is 0 Å². The second kappa shape index (κ2) is 6.07. The standard InChI is InChI=1S/C20H14O6/c1-23-11-7-8-16-14(9-11)18-15(20(22)26-16)10-17(25-18)12-5-3-4-6-13(12)19(21)24-2/h3-10H,1-2H3. The fraction of sp³-hybridized carbons (Fsp3) is 0.100. The Morgan fingerprint density at radius 1 is 0.962 bits per heavy atom. The number of fused-ring (bicyclic) bond motifs is 3. The Labute approximate surface area is 147 Å². The van der Waals surface area contributed by atoms with E-state index < -0.39 is 11.6 Å². The van der Waals surface area contributed by atoms with Gasteiger partial charge in [0.25, 0.3) is 0 Å². The number of furan rings is 1. The number of hydrogen-bond donors (Lipinski definition) is 0. The molecule has 0 fully saturated rings. The zero-order valence-electron chi connectivity index (χ0n) is 14.1. The summed E-state index contributed by atoms with van der Waals surface area (Å²) in [7, 11) is 2.86. The average molecular weight is 350 g/mol. The van der Waals surface area contributed by atoms with Crippen LogP contribution < -0.4 is 10.4 Å². The molecular formula is C20H14O6. The van der Waals surface area contributed by atoms with Crippen LogP contribution in [0.4, 0.5) is 0 Å². The lowest BCUT2D eigenvalue weighted by Crippen LogP contribution is -2.02. The minimum absolute atomic E-state index is 0.292. The zero-order valence-corrected chi connectivity index (χ0v) is 14.1. The quantitative estimate of drug-likeness (QED) is 0.410. The molecule has 2 aromatic heterocycles. The van der Waals surface area contributed by atoms with Crippen LogP contribution in [0, 0.1) is 0 Å². The van der Waals surface area contributed by atoms with Gasteiger partial charge in [-0.15, -0.1) is 0 Å². The Bertz CT molecular complexity index is 1200. The fourth-order valence-electron chi connectivity index (χ4n) is 2.92. The number of ether oxygens (including phenoxy) is 2. The average Bonchev–Trinajstić information content (AvgIpc) is 3.13. The van der Waals surface area contributed by atoms with Crippen molar-refractivity contribution in [2.24, 2.45) is 0 Å². The zero-order chi connectivity index (χ0) is 18.3. The van der Waals surface area contributed by atoms with Crippen molar-refractivity contribution in [2.75, 3.05) is 14.2 Å². The fourth-order valence-corrected chi connectivity index (χ4v) is 2.92. The summed E-state index contributed by atoms with van der Waals surface area (Å²) in [5.74, 6) is 0.504. The highest BCUT2D eigenvalue weighted by molar-refractivity contribution is 6.04. The summed E-state index contributed by atoms with van der Waals surface area (Å²) in [6.07, 6.45) is 0. The van der Waals surface area contributed by atoms with Gasteiger partial charge in [-0.05, 0) is 30.3 Å². The van der Waals surface area contributed by atoms with Crippen LogP contribution in [0.2, 0.25) is 0 Å². The molecule has 2 aromatic carbocycles. The number of carbonyl (C=O) groups excluding carboxylic acids is 1. The molecule has 0 saturated carbocycles. The van der Waals surface area contributed by atoms with Crippen molar-refractivity contribution in [1.29, 1.82) is 0 Å². The van der Waals surface area contributed by atoms with Gasteiger partial charge in [-0.3, -0.25) is 0 Å². The molecule has 0 bridgehead atoms. The van der Waals surface area contributed by atoms with Gasteiger partial charge < -0.3 is 18.3 Å². The van der Waals surface area contributed by atoms with Gasteiger partial charge in [0.1, 0.15) is 22.5 Å². The maximum absolute atomic E-state index is 12.3. The Hall–Kier alpha value is -3.54. The third-order valence-corrected chi connectivity index (χ3v) is 4.18. The van der Waals surface area contributed by atoms with Crippen LogP contribution in [-0.4, -0.2) is 20.2 Å². The topological polar surface area (TPSA) is 78.9 Å². The highest BCUT2D eigenvalue weighted by Gasteiger charge is 2.19. The van der Waals surface area contributed by atoms with Gasteiger partial charge in [-0.25, -0.2) is 9.59 Å². The monoisotopic (exact) mass is 350 g/mol. The first kappa shape index (κ1) is 16.0. The highest BCUT2D eigenvalue weighted by atomic mass is 16.5. The lowest BCUT2D eigenvalue weighted by molar-refractivity contribution is 0.0601. The molecule has 0 aliphatic rings. The van der Waals surface area contributed by atoms with Crippen LogP contribution in [0.3, 0.4) is 0 Å². The third-order valence-electron chi connectivity index (χ3n) is 4.18. The molecule has 0 amide bonds. The summed E-state index contributed by atoms with van der Waals surface area (Å²) in [5.41, 5.74) is 1.14. The van der Waals surface area contributed by atoms with Crippen LogP contribution >= 0.6 is 0 Å². The molecule has 0 radical (unpaired) electrons. The maximum Gasteiger partial charge on any atom is 0.347 e. The van der Waals surface area contributed by atoms with Crippen molar-refractivity contribution in [2.45, 2.75) is 0 Å². The highest BCUT2D eigenvalue weighted by Crippen LogP contribution is 2.34. The van der Waals surface area contributed by atoms with E-state index in [9.17, 15) is 9.59 Å². The Morgan fingerprint density at radius 3 is 2.54 bits per heavy atom. The van der Waals surface area contributed by atoms with Crippen LogP contribution in [0.1, 0.15) is 10.4 Å². The second-order valence-electron chi connectivity index (χ2n) is 5.64. The van der Waals surface area contributed by atoms with Crippen molar-refractivity contribution < 1.29 is 23.1 Å². The molecule has 0 unspecified atom stereocenters. The molecular weight excluding hydrogens is 336 g/mol. The number of hydrogen-bond acceptors (Lipinski definition) is 6. The number of benzene rings is 2. The van der Waals surface area contributed by atoms with Gasteiger partial charge in [0.2, 0.25) is 0 Å². The molecule has 0 aliphatic carbocycles. The van der Waals surface area contributed by atoms with E-state index >= 15 is 0 Å². The first-order chi connectivity index (χ1) is 12.6. The van der Waals surface area contributed by atoms with E-state index in [0.717, 1.165) is 0 Å². The summed E-state index contributed by atoms with van der Waals surface area (Å²) >= 11 is 0. The molecule has 6 nitrogen and oxygen atoms in total. The Balaban J connectivity index is 2.02. The Morgan fingerprint density at radius 2 is 1.77 bits per heavy atom. The minimum Gasteiger partial charge on any atom is -0.497 e. The predicted octanol–water partition coefficient (Wildman–Crippen LogP) is 4.00. The molecule has 0 aliphatic heterocycles. The van der Waals surface area contributed by atoms with Crippen LogP contribution in [-0.2, 0) is 4.74 Å². The van der Waals surface area contributed by atoms with E-state index in [1.807, 2.05) is 0 Å². The second-order valence-corrected chi connectivity index (χ2v) is 5.64. The van der Waals surface area contributed by atoms with E-state index in [4.69, 9.17) is 18.3 Å². The number of rotatable bonds is 3. The summed E-state index contributed by atoms with van der Waals surface area (Å²) in [5, 5.41) is 0.904. The molecule has 4 aromatic rings. The summed E-state index contributed by atoms with van der Waals surface area (Å²) in [4.78, 5) is 24.3. The molecule has 0 N–H and O–H groups in total. The van der Waals surface area contributed by atoms with E-state index in [1.165, 1.54) is 7.11 Å². The van der Waals surface area contributed by atoms with Gasteiger partial charge in [0.05, 0.1) is 25.2 Å². The molecule has 0 spiro atoms. The smallest absolute Gasteiger partial charge is 0.347 e. The summed E-state index contributed by atoms with van der Waals surface area (Å²) in [6.45, 7) is 0. The molecule has 0 atom stereocenters. The maximum atomic E-state index is 12.3.